The molecule has 21 heavy (non-hydrogen) atoms. The molecule has 2 amide bonds. The van der Waals surface area contributed by atoms with Crippen molar-refractivity contribution < 1.29 is 27.4 Å². The second kappa shape index (κ2) is 8.30. The Morgan fingerprint density at radius 2 is 2.14 bits per heavy atom. The van der Waals surface area contributed by atoms with Crippen LogP contribution in [-0.2, 0) is 11.3 Å². The first kappa shape index (κ1) is 17.0. The van der Waals surface area contributed by atoms with Gasteiger partial charge in [0.25, 0.3) is 0 Å². The number of nitrogens with zero attached hydrogens (tertiary/aromatic N) is 1. The Bertz CT molecular complexity index is 455. The molecule has 0 aliphatic heterocycles. The van der Waals surface area contributed by atoms with E-state index in [9.17, 15) is 18.0 Å². The third-order valence-electron chi connectivity index (χ3n) is 2.23. The van der Waals surface area contributed by atoms with Gasteiger partial charge in [-0.1, -0.05) is 0 Å². The van der Waals surface area contributed by atoms with Gasteiger partial charge in [-0.3, -0.25) is 0 Å². The maximum absolute atomic E-state index is 12.0. The number of nitrogens with one attached hydrogen (secondary N) is 2. The van der Waals surface area contributed by atoms with Crippen LogP contribution < -0.4 is 15.4 Å². The lowest BCUT2D eigenvalue weighted by Crippen LogP contribution is -2.36. The summed E-state index contributed by atoms with van der Waals surface area (Å²) in [6.07, 6.45) is -3.11. The van der Waals surface area contributed by atoms with Crippen molar-refractivity contribution >= 4 is 6.03 Å². The molecule has 0 saturated heterocycles. The zero-order valence-electron chi connectivity index (χ0n) is 11.4. The molecule has 6 nitrogen and oxygen atoms in total. The van der Waals surface area contributed by atoms with Crippen molar-refractivity contribution in [2.24, 2.45) is 0 Å². The first-order chi connectivity index (χ1) is 9.90. The number of pyridine rings is 1. The Labute approximate surface area is 119 Å². The highest BCUT2D eigenvalue weighted by molar-refractivity contribution is 5.73. The third-order valence-corrected chi connectivity index (χ3v) is 2.23. The van der Waals surface area contributed by atoms with Crippen LogP contribution in [0.4, 0.5) is 18.0 Å². The third kappa shape index (κ3) is 7.98. The number of urea groups is 1. The predicted octanol–water partition coefficient (Wildman–Crippen LogP) is 1.47. The maximum Gasteiger partial charge on any atom is 0.422 e. The van der Waals surface area contributed by atoms with Crippen molar-refractivity contribution in [2.75, 3.05) is 26.9 Å². The van der Waals surface area contributed by atoms with Gasteiger partial charge in [0, 0.05) is 32.5 Å². The van der Waals surface area contributed by atoms with Crippen LogP contribution in [0.3, 0.4) is 0 Å². The Morgan fingerprint density at radius 3 is 2.81 bits per heavy atom. The van der Waals surface area contributed by atoms with E-state index in [0.29, 0.717) is 18.7 Å². The number of rotatable bonds is 7. The van der Waals surface area contributed by atoms with Gasteiger partial charge in [-0.25, -0.2) is 9.78 Å². The monoisotopic (exact) mass is 307 g/mol. The van der Waals surface area contributed by atoms with Gasteiger partial charge in [-0.15, -0.1) is 0 Å². The first-order valence-electron chi connectivity index (χ1n) is 6.06. The molecule has 118 valence electrons. The smallest absolute Gasteiger partial charge is 0.422 e. The summed E-state index contributed by atoms with van der Waals surface area (Å²) in [6, 6.07) is 2.50. The van der Waals surface area contributed by atoms with Crippen LogP contribution in [0.1, 0.15) is 5.56 Å². The highest BCUT2D eigenvalue weighted by Crippen LogP contribution is 2.17. The molecule has 0 fully saturated rings. The number of aromatic nitrogens is 1. The zero-order chi connectivity index (χ0) is 15.7. The summed E-state index contributed by atoms with van der Waals surface area (Å²) in [7, 11) is 1.51. The summed E-state index contributed by atoms with van der Waals surface area (Å²) in [5, 5.41) is 5.09. The number of carbonyl (C=O) groups is 1. The van der Waals surface area contributed by atoms with Crippen LogP contribution in [-0.4, -0.2) is 44.1 Å². The van der Waals surface area contributed by atoms with Gasteiger partial charge in [0.1, 0.15) is 0 Å². The molecule has 0 atom stereocenters. The van der Waals surface area contributed by atoms with Crippen molar-refractivity contribution in [3.05, 3.63) is 23.9 Å². The summed E-state index contributed by atoms with van der Waals surface area (Å²) in [5.41, 5.74) is 0.573. The van der Waals surface area contributed by atoms with E-state index in [4.69, 9.17) is 4.74 Å². The van der Waals surface area contributed by atoms with Crippen molar-refractivity contribution in [2.45, 2.75) is 12.7 Å². The highest BCUT2D eigenvalue weighted by Gasteiger charge is 2.28. The number of ether oxygens (including phenoxy) is 2. The minimum atomic E-state index is -4.42. The molecule has 0 spiro atoms. The maximum atomic E-state index is 12.0. The van der Waals surface area contributed by atoms with E-state index in [1.54, 1.807) is 6.07 Å². The summed E-state index contributed by atoms with van der Waals surface area (Å²) < 4.78 is 45.3. The lowest BCUT2D eigenvalue weighted by Gasteiger charge is -2.10. The number of alkyl halides is 3. The summed E-state index contributed by atoms with van der Waals surface area (Å²) in [6.45, 7) is -0.519. The molecule has 0 saturated carbocycles. The standard InChI is InChI=1S/C12H16F3N3O3/c1-20-5-4-17-11(19)18-7-9-2-3-16-10(6-9)21-8-12(13,14)15/h2-3,6H,4-5,7-8H2,1H3,(H2,17,18,19). The van der Waals surface area contributed by atoms with E-state index >= 15 is 0 Å². The van der Waals surface area contributed by atoms with Gasteiger partial charge in [0.15, 0.2) is 6.61 Å². The minimum Gasteiger partial charge on any atom is -0.468 e. The van der Waals surface area contributed by atoms with Gasteiger partial charge in [0.2, 0.25) is 5.88 Å². The van der Waals surface area contributed by atoms with Gasteiger partial charge in [-0.05, 0) is 11.6 Å². The fourth-order valence-electron chi connectivity index (χ4n) is 1.31. The molecule has 0 radical (unpaired) electrons. The normalized spacial score (nSPS) is 11.0. The van der Waals surface area contributed by atoms with Crippen molar-refractivity contribution in [1.82, 2.24) is 15.6 Å². The lowest BCUT2D eigenvalue weighted by molar-refractivity contribution is -0.154. The van der Waals surface area contributed by atoms with Crippen molar-refractivity contribution in [3.63, 3.8) is 0 Å². The fraction of sp³-hybridized carbons (Fsp3) is 0.500. The predicted molar refractivity (Wildman–Crippen MR) is 67.9 cm³/mol. The van der Waals surface area contributed by atoms with E-state index in [-0.39, 0.29) is 12.4 Å². The van der Waals surface area contributed by atoms with E-state index in [0.717, 1.165) is 0 Å². The van der Waals surface area contributed by atoms with Gasteiger partial charge in [0.05, 0.1) is 6.61 Å². The number of methoxy groups -OCH3 is 1. The van der Waals surface area contributed by atoms with E-state index in [1.165, 1.54) is 19.4 Å². The second-order valence-electron chi connectivity index (χ2n) is 4.01. The Kier molecular flexibility index (Phi) is 6.73. The van der Waals surface area contributed by atoms with Crippen LogP contribution in [0.25, 0.3) is 0 Å². The van der Waals surface area contributed by atoms with Crippen LogP contribution in [0, 0.1) is 0 Å². The molecule has 9 heteroatoms. The molecule has 1 aromatic rings. The minimum absolute atomic E-state index is 0.143. The second-order valence-corrected chi connectivity index (χ2v) is 4.01. The summed E-state index contributed by atoms with van der Waals surface area (Å²) in [5.74, 6) is -0.147. The SMILES string of the molecule is COCCNC(=O)NCc1ccnc(OCC(F)(F)F)c1. The van der Waals surface area contributed by atoms with Gasteiger partial charge in [-0.2, -0.15) is 13.2 Å². The fourth-order valence-corrected chi connectivity index (χ4v) is 1.31. The van der Waals surface area contributed by atoms with Crippen molar-refractivity contribution in [3.8, 4) is 5.88 Å². The molecule has 1 rings (SSSR count). The first-order valence-corrected chi connectivity index (χ1v) is 6.06. The van der Waals surface area contributed by atoms with Crippen molar-refractivity contribution in [1.29, 1.82) is 0 Å². The summed E-state index contributed by atoms with van der Waals surface area (Å²) >= 11 is 0. The van der Waals surface area contributed by atoms with Crippen LogP contribution in [0.5, 0.6) is 5.88 Å². The number of halogens is 3. The number of carbonyl (C=O) groups excluding carboxylic acids is 1. The average molecular weight is 307 g/mol. The largest absolute Gasteiger partial charge is 0.468 e. The molecule has 0 bridgehead atoms. The van der Waals surface area contributed by atoms with E-state index in [2.05, 4.69) is 20.4 Å². The zero-order valence-corrected chi connectivity index (χ0v) is 11.4. The van der Waals surface area contributed by atoms with E-state index < -0.39 is 18.8 Å². The number of hydrogen-bond donors (Lipinski definition) is 2. The molecule has 1 heterocycles. The molecule has 0 aliphatic rings. The molecular formula is C12H16F3N3O3. The molecule has 0 aliphatic carbocycles. The van der Waals surface area contributed by atoms with Crippen LogP contribution in [0.15, 0.2) is 18.3 Å². The van der Waals surface area contributed by atoms with Crippen LogP contribution >= 0.6 is 0 Å². The Hall–Kier alpha value is -2.03. The van der Waals surface area contributed by atoms with Gasteiger partial charge < -0.3 is 20.1 Å². The Morgan fingerprint density at radius 1 is 1.38 bits per heavy atom. The number of amides is 2. The average Bonchev–Trinajstić information content (AvgIpc) is 2.43. The highest BCUT2D eigenvalue weighted by atomic mass is 19.4. The molecule has 0 aromatic carbocycles. The van der Waals surface area contributed by atoms with Gasteiger partial charge >= 0.3 is 12.2 Å². The topological polar surface area (TPSA) is 72.5 Å². The summed E-state index contributed by atoms with van der Waals surface area (Å²) in [4.78, 5) is 15.0. The molecular weight excluding hydrogens is 291 g/mol. The Balaban J connectivity index is 2.40. The van der Waals surface area contributed by atoms with Crippen LogP contribution in [0.2, 0.25) is 0 Å². The number of hydrogen-bond acceptors (Lipinski definition) is 4. The quantitative estimate of drug-likeness (QED) is 0.748. The lowest BCUT2D eigenvalue weighted by atomic mass is 10.2. The molecule has 1 aromatic heterocycles. The molecule has 2 N–H and O–H groups in total. The van der Waals surface area contributed by atoms with E-state index in [1.807, 2.05) is 0 Å². The molecule has 0 unspecified atom stereocenters.